The number of benzene rings is 3. The zero-order chi connectivity index (χ0) is 24.3. The van der Waals surface area contributed by atoms with E-state index in [0.29, 0.717) is 5.56 Å². The molecule has 0 saturated carbocycles. The summed E-state index contributed by atoms with van der Waals surface area (Å²) in [5, 5.41) is 2.85. The zero-order valence-corrected chi connectivity index (χ0v) is 19.9. The van der Waals surface area contributed by atoms with Crippen LogP contribution in [0.15, 0.2) is 82.2 Å². The summed E-state index contributed by atoms with van der Waals surface area (Å²) < 4.78 is 39.3. The van der Waals surface area contributed by atoms with Gasteiger partial charge in [-0.3, -0.25) is 9.52 Å². The number of carbonyl (C=O) groups is 1. The predicted molar refractivity (Wildman–Crippen MR) is 130 cm³/mol. The SMILES string of the molecule is COc1ccc(NC(=O)c2cnc(-c3ccccc3)o2)cc1S(=O)(=O)Nc1c(Cl)cccc1Cl. The molecule has 0 bridgehead atoms. The number of nitrogens with zero attached hydrogens (tertiary/aromatic N) is 1. The van der Waals surface area contributed by atoms with E-state index < -0.39 is 15.9 Å². The molecular formula is C23H17Cl2N3O5S. The van der Waals surface area contributed by atoms with Gasteiger partial charge in [-0.25, -0.2) is 13.4 Å². The number of aromatic nitrogens is 1. The number of hydrogen-bond acceptors (Lipinski definition) is 6. The van der Waals surface area contributed by atoms with E-state index in [1.54, 1.807) is 18.2 Å². The summed E-state index contributed by atoms with van der Waals surface area (Å²) in [5.74, 6) is -0.311. The predicted octanol–water partition coefficient (Wildman–Crippen LogP) is 5.71. The van der Waals surface area contributed by atoms with Gasteiger partial charge < -0.3 is 14.5 Å². The first-order valence-corrected chi connectivity index (χ1v) is 12.0. The largest absolute Gasteiger partial charge is 0.495 e. The molecule has 1 aromatic heterocycles. The van der Waals surface area contributed by atoms with E-state index >= 15 is 0 Å². The van der Waals surface area contributed by atoms with Crippen LogP contribution in [0.5, 0.6) is 5.75 Å². The highest BCUT2D eigenvalue weighted by molar-refractivity contribution is 7.92. The third-order valence-corrected chi connectivity index (χ3v) is 6.66. The van der Waals surface area contributed by atoms with Crippen LogP contribution in [0.1, 0.15) is 10.6 Å². The lowest BCUT2D eigenvalue weighted by atomic mass is 10.2. The Bertz CT molecular complexity index is 1440. The average molecular weight is 518 g/mol. The van der Waals surface area contributed by atoms with E-state index in [-0.39, 0.29) is 43.7 Å². The molecule has 0 spiro atoms. The Morgan fingerprint density at radius 3 is 2.38 bits per heavy atom. The van der Waals surface area contributed by atoms with Crippen molar-refractivity contribution in [2.24, 2.45) is 0 Å². The Morgan fingerprint density at radius 2 is 1.71 bits per heavy atom. The van der Waals surface area contributed by atoms with Crippen molar-refractivity contribution in [2.75, 3.05) is 17.1 Å². The second kappa shape index (κ2) is 9.76. The molecule has 8 nitrogen and oxygen atoms in total. The molecule has 0 radical (unpaired) electrons. The van der Waals surface area contributed by atoms with E-state index in [9.17, 15) is 13.2 Å². The van der Waals surface area contributed by atoms with Crippen molar-refractivity contribution in [1.29, 1.82) is 0 Å². The fourth-order valence-corrected chi connectivity index (χ4v) is 4.94. The van der Waals surface area contributed by atoms with Crippen LogP contribution in [0, 0.1) is 0 Å². The number of sulfonamides is 1. The summed E-state index contributed by atoms with van der Waals surface area (Å²) in [6, 6.07) is 17.8. The lowest BCUT2D eigenvalue weighted by Gasteiger charge is -2.15. The molecule has 0 aliphatic carbocycles. The average Bonchev–Trinajstić information content (AvgIpc) is 3.33. The minimum Gasteiger partial charge on any atom is -0.495 e. The van der Waals surface area contributed by atoms with Gasteiger partial charge in [0, 0.05) is 11.3 Å². The summed E-state index contributed by atoms with van der Waals surface area (Å²) in [5.41, 5.74) is 0.926. The van der Waals surface area contributed by atoms with Crippen LogP contribution in [0.2, 0.25) is 10.0 Å². The normalized spacial score (nSPS) is 11.1. The molecule has 0 aliphatic heterocycles. The van der Waals surface area contributed by atoms with Gasteiger partial charge in [-0.15, -0.1) is 0 Å². The van der Waals surface area contributed by atoms with Gasteiger partial charge in [-0.1, -0.05) is 47.5 Å². The van der Waals surface area contributed by atoms with Crippen LogP contribution in [0.4, 0.5) is 11.4 Å². The summed E-state index contributed by atoms with van der Waals surface area (Å²) in [6.45, 7) is 0. The van der Waals surface area contributed by atoms with Gasteiger partial charge in [-0.05, 0) is 42.5 Å². The Kier molecular flexibility index (Phi) is 6.78. The molecule has 0 aliphatic rings. The number of carbonyl (C=O) groups excluding carboxylic acids is 1. The second-order valence-electron chi connectivity index (χ2n) is 6.92. The van der Waals surface area contributed by atoms with Gasteiger partial charge in [0.1, 0.15) is 10.6 Å². The minimum atomic E-state index is -4.19. The summed E-state index contributed by atoms with van der Waals surface area (Å²) in [4.78, 5) is 16.6. The highest BCUT2D eigenvalue weighted by atomic mass is 35.5. The Balaban J connectivity index is 1.60. The number of rotatable bonds is 7. The molecule has 0 unspecified atom stereocenters. The topological polar surface area (TPSA) is 111 Å². The molecule has 4 rings (SSSR count). The highest BCUT2D eigenvalue weighted by Crippen LogP contribution is 2.34. The number of oxazole rings is 1. The van der Waals surface area contributed by atoms with Crippen molar-refractivity contribution >= 4 is 50.5 Å². The van der Waals surface area contributed by atoms with E-state index in [2.05, 4.69) is 15.0 Å². The third-order valence-electron chi connectivity index (χ3n) is 4.66. The van der Waals surface area contributed by atoms with Gasteiger partial charge in [0.2, 0.25) is 11.7 Å². The van der Waals surface area contributed by atoms with Crippen LogP contribution in [-0.4, -0.2) is 26.4 Å². The fraction of sp³-hybridized carbons (Fsp3) is 0.0435. The number of hydrogen-bond donors (Lipinski definition) is 2. The Morgan fingerprint density at radius 1 is 1.00 bits per heavy atom. The fourth-order valence-electron chi connectivity index (χ4n) is 3.04. The summed E-state index contributed by atoms with van der Waals surface area (Å²) in [6.07, 6.45) is 1.29. The maximum Gasteiger partial charge on any atom is 0.293 e. The number of halogens is 2. The molecule has 11 heteroatoms. The summed E-state index contributed by atoms with van der Waals surface area (Å²) >= 11 is 12.2. The second-order valence-corrected chi connectivity index (χ2v) is 9.38. The van der Waals surface area contributed by atoms with Crippen LogP contribution >= 0.6 is 23.2 Å². The van der Waals surface area contributed by atoms with Gasteiger partial charge in [-0.2, -0.15) is 0 Å². The number of methoxy groups -OCH3 is 1. The number of para-hydroxylation sites is 1. The van der Waals surface area contributed by atoms with Crippen molar-refractivity contribution in [3.8, 4) is 17.2 Å². The van der Waals surface area contributed by atoms with Crippen molar-refractivity contribution < 1.29 is 22.4 Å². The summed E-state index contributed by atoms with van der Waals surface area (Å²) in [7, 11) is -2.86. The molecule has 4 aromatic rings. The van der Waals surface area contributed by atoms with E-state index in [0.717, 1.165) is 0 Å². The first-order valence-electron chi connectivity index (χ1n) is 9.76. The van der Waals surface area contributed by atoms with Crippen LogP contribution in [0.25, 0.3) is 11.5 Å². The van der Waals surface area contributed by atoms with Crippen molar-refractivity contribution in [1.82, 2.24) is 4.98 Å². The zero-order valence-electron chi connectivity index (χ0n) is 17.6. The van der Waals surface area contributed by atoms with Crippen molar-refractivity contribution in [3.05, 3.63) is 88.7 Å². The van der Waals surface area contributed by atoms with Gasteiger partial charge in [0.05, 0.1) is 29.0 Å². The first-order chi connectivity index (χ1) is 16.3. The standard InChI is InChI=1S/C23H17Cl2N3O5S/c1-32-18-11-10-15(12-20(18)34(30,31)28-21-16(24)8-5-9-17(21)25)27-22(29)19-13-26-23(33-19)14-6-3-2-4-7-14/h2-13,28H,1H3,(H,27,29). The monoisotopic (exact) mass is 517 g/mol. The quantitative estimate of drug-likeness (QED) is 0.324. The molecule has 3 aromatic carbocycles. The smallest absolute Gasteiger partial charge is 0.293 e. The first kappa shape index (κ1) is 23.6. The van der Waals surface area contributed by atoms with Crippen molar-refractivity contribution in [3.63, 3.8) is 0 Å². The van der Waals surface area contributed by atoms with Gasteiger partial charge in [0.25, 0.3) is 15.9 Å². The minimum absolute atomic E-state index is 0.0254. The molecule has 174 valence electrons. The molecule has 0 saturated heterocycles. The number of anilines is 2. The lowest BCUT2D eigenvalue weighted by Crippen LogP contribution is -2.16. The lowest BCUT2D eigenvalue weighted by molar-refractivity contribution is 0.0997. The number of ether oxygens (including phenoxy) is 1. The number of nitrogens with one attached hydrogen (secondary N) is 2. The van der Waals surface area contributed by atoms with E-state index in [4.69, 9.17) is 32.4 Å². The van der Waals surface area contributed by atoms with Crippen LogP contribution in [-0.2, 0) is 10.0 Å². The molecule has 0 fully saturated rings. The van der Waals surface area contributed by atoms with Crippen molar-refractivity contribution in [2.45, 2.75) is 4.90 Å². The molecule has 2 N–H and O–H groups in total. The van der Waals surface area contributed by atoms with E-state index in [1.165, 1.54) is 43.6 Å². The molecule has 34 heavy (non-hydrogen) atoms. The maximum atomic E-state index is 13.1. The number of amides is 1. The van der Waals surface area contributed by atoms with Gasteiger partial charge in [0.15, 0.2) is 0 Å². The Labute approximate surface area is 205 Å². The van der Waals surface area contributed by atoms with Crippen LogP contribution < -0.4 is 14.8 Å². The molecule has 1 heterocycles. The molecular weight excluding hydrogens is 501 g/mol. The third kappa shape index (κ3) is 5.01. The highest BCUT2D eigenvalue weighted by Gasteiger charge is 2.23. The van der Waals surface area contributed by atoms with Crippen LogP contribution in [0.3, 0.4) is 0 Å². The molecule has 1 amide bonds. The van der Waals surface area contributed by atoms with E-state index in [1.807, 2.05) is 18.2 Å². The maximum absolute atomic E-state index is 13.1. The molecule has 0 atom stereocenters. The Hall–Kier alpha value is -3.53. The van der Waals surface area contributed by atoms with Gasteiger partial charge >= 0.3 is 0 Å².